The molecule has 0 fully saturated rings. The molecule has 1 unspecified atom stereocenters. The van der Waals surface area contributed by atoms with Crippen LogP contribution in [0.2, 0.25) is 5.02 Å². The van der Waals surface area contributed by atoms with E-state index in [1.165, 1.54) is 13.3 Å². The highest BCUT2D eigenvalue weighted by atomic mass is 35.5. The van der Waals surface area contributed by atoms with E-state index in [2.05, 4.69) is 40.4 Å². The fourth-order valence-electron chi connectivity index (χ4n) is 3.04. The van der Waals surface area contributed by atoms with Gasteiger partial charge in [-0.2, -0.15) is 4.98 Å². The van der Waals surface area contributed by atoms with Gasteiger partial charge in [0.05, 0.1) is 13.3 Å². The van der Waals surface area contributed by atoms with Crippen LogP contribution in [-0.2, 0) is 14.9 Å². The molecule has 2 aromatic rings. The SMILES string of the molecule is COC(=O)C(O)C#Cc1ccc2c(c1)N(c1nc(N)ncc1Cl)CC2(C)C. The molecule has 1 aromatic heterocycles. The fourth-order valence-corrected chi connectivity index (χ4v) is 3.24. The van der Waals surface area contributed by atoms with E-state index in [4.69, 9.17) is 17.3 Å². The van der Waals surface area contributed by atoms with Gasteiger partial charge in [-0.25, -0.2) is 9.78 Å². The Balaban J connectivity index is 2.04. The Hall–Kier alpha value is -2.82. The van der Waals surface area contributed by atoms with Crippen LogP contribution in [0.15, 0.2) is 24.4 Å². The van der Waals surface area contributed by atoms with Gasteiger partial charge in [-0.1, -0.05) is 43.4 Å². The van der Waals surface area contributed by atoms with Crippen molar-refractivity contribution in [3.63, 3.8) is 0 Å². The molecule has 0 aliphatic carbocycles. The standard InChI is InChI=1S/C19H19ClN4O3/c1-19(2)10-24(16-13(20)9-22-18(21)23-16)14-8-11(4-6-12(14)19)5-7-15(25)17(26)27-3/h4,6,8-9,15,25H,10H2,1-3H3,(H2,21,22,23). The summed E-state index contributed by atoms with van der Waals surface area (Å²) in [4.78, 5) is 21.4. The smallest absolute Gasteiger partial charge is 0.347 e. The molecule has 0 bridgehead atoms. The molecule has 8 heteroatoms. The number of nitrogen functional groups attached to an aromatic ring is 1. The average Bonchev–Trinajstić information content (AvgIpc) is 2.91. The van der Waals surface area contributed by atoms with E-state index in [0.29, 0.717) is 22.9 Å². The van der Waals surface area contributed by atoms with Crippen molar-refractivity contribution in [2.24, 2.45) is 0 Å². The number of aliphatic hydroxyl groups excluding tert-OH is 1. The van der Waals surface area contributed by atoms with Crippen LogP contribution in [0, 0.1) is 11.8 Å². The predicted octanol–water partition coefficient (Wildman–Crippen LogP) is 2.03. The van der Waals surface area contributed by atoms with Crippen LogP contribution in [0.5, 0.6) is 0 Å². The first-order valence-electron chi connectivity index (χ1n) is 8.20. The zero-order valence-electron chi connectivity index (χ0n) is 15.2. The third-order valence-corrected chi connectivity index (χ3v) is 4.62. The number of nitrogens with two attached hydrogens (primary N) is 1. The zero-order valence-corrected chi connectivity index (χ0v) is 15.9. The van der Waals surface area contributed by atoms with E-state index in [9.17, 15) is 9.90 Å². The van der Waals surface area contributed by atoms with Crippen LogP contribution in [-0.4, -0.2) is 40.8 Å². The first kappa shape index (κ1) is 19.0. The Bertz CT molecular complexity index is 965. The molecule has 2 heterocycles. The molecule has 1 aromatic carbocycles. The third-order valence-electron chi connectivity index (χ3n) is 4.35. The number of rotatable bonds is 2. The van der Waals surface area contributed by atoms with E-state index in [1.54, 1.807) is 0 Å². The summed E-state index contributed by atoms with van der Waals surface area (Å²) in [7, 11) is 1.19. The Morgan fingerprint density at radius 3 is 2.93 bits per heavy atom. The molecule has 0 amide bonds. The minimum Gasteiger partial charge on any atom is -0.466 e. The van der Waals surface area contributed by atoms with Crippen molar-refractivity contribution in [3.8, 4) is 11.8 Å². The number of anilines is 3. The highest BCUT2D eigenvalue weighted by molar-refractivity contribution is 6.33. The summed E-state index contributed by atoms with van der Waals surface area (Å²) in [6, 6.07) is 5.69. The first-order chi connectivity index (χ1) is 12.7. The highest BCUT2D eigenvalue weighted by Crippen LogP contribution is 2.45. The quantitative estimate of drug-likeness (QED) is 0.601. The van der Waals surface area contributed by atoms with Gasteiger partial charge in [-0.3, -0.25) is 0 Å². The molecule has 0 saturated carbocycles. The summed E-state index contributed by atoms with van der Waals surface area (Å²) in [5, 5.41) is 10.0. The minimum absolute atomic E-state index is 0.137. The summed E-state index contributed by atoms with van der Waals surface area (Å²) in [6.07, 6.45) is -0.0208. The molecule has 1 atom stereocenters. The van der Waals surface area contributed by atoms with Crippen LogP contribution in [0.25, 0.3) is 0 Å². The molecular weight excluding hydrogens is 368 g/mol. The van der Waals surface area contributed by atoms with E-state index >= 15 is 0 Å². The van der Waals surface area contributed by atoms with Crippen molar-refractivity contribution < 1.29 is 14.6 Å². The van der Waals surface area contributed by atoms with Gasteiger partial charge in [-0.15, -0.1) is 0 Å². The molecule has 27 heavy (non-hydrogen) atoms. The van der Waals surface area contributed by atoms with Crippen LogP contribution in [0.3, 0.4) is 0 Å². The van der Waals surface area contributed by atoms with Gasteiger partial charge in [0.25, 0.3) is 0 Å². The number of ether oxygens (including phenoxy) is 1. The Kier molecular flexibility index (Phi) is 4.96. The number of carbonyl (C=O) groups is 1. The maximum absolute atomic E-state index is 11.3. The van der Waals surface area contributed by atoms with E-state index < -0.39 is 12.1 Å². The van der Waals surface area contributed by atoms with Gasteiger partial charge in [0.1, 0.15) is 5.02 Å². The number of nitrogens with zero attached hydrogens (tertiary/aromatic N) is 3. The van der Waals surface area contributed by atoms with Crippen LogP contribution >= 0.6 is 11.6 Å². The highest BCUT2D eigenvalue weighted by Gasteiger charge is 2.37. The normalized spacial score (nSPS) is 15.5. The molecule has 0 saturated heterocycles. The summed E-state index contributed by atoms with van der Waals surface area (Å²) in [6.45, 7) is 4.90. The Morgan fingerprint density at radius 2 is 2.22 bits per heavy atom. The van der Waals surface area contributed by atoms with Crippen molar-refractivity contribution in [2.75, 3.05) is 24.3 Å². The summed E-state index contributed by atoms with van der Waals surface area (Å²) >= 11 is 6.29. The number of fused-ring (bicyclic) bond motifs is 1. The first-order valence-corrected chi connectivity index (χ1v) is 8.58. The average molecular weight is 387 g/mol. The van der Waals surface area contributed by atoms with Gasteiger partial charge in [0.15, 0.2) is 5.82 Å². The number of benzene rings is 1. The lowest BCUT2D eigenvalue weighted by Gasteiger charge is -2.22. The molecule has 1 aliphatic heterocycles. The number of hydrogen-bond acceptors (Lipinski definition) is 7. The van der Waals surface area contributed by atoms with Crippen LogP contribution in [0.1, 0.15) is 25.0 Å². The minimum atomic E-state index is -1.49. The number of carbonyl (C=O) groups excluding carboxylic acids is 1. The van der Waals surface area contributed by atoms with Crippen molar-refractivity contribution in [3.05, 3.63) is 40.5 Å². The van der Waals surface area contributed by atoms with Crippen LogP contribution in [0.4, 0.5) is 17.5 Å². The predicted molar refractivity (Wildman–Crippen MR) is 103 cm³/mol. The third kappa shape index (κ3) is 3.68. The molecule has 0 spiro atoms. The molecular formula is C19H19ClN4O3. The maximum Gasteiger partial charge on any atom is 0.347 e. The van der Waals surface area contributed by atoms with E-state index in [-0.39, 0.29) is 11.4 Å². The maximum atomic E-state index is 11.3. The van der Waals surface area contributed by atoms with Crippen molar-refractivity contribution in [2.45, 2.75) is 25.4 Å². The second kappa shape index (κ2) is 7.06. The van der Waals surface area contributed by atoms with Gasteiger partial charge in [0.2, 0.25) is 12.1 Å². The monoisotopic (exact) mass is 386 g/mol. The topological polar surface area (TPSA) is 102 Å². The number of hydrogen-bond donors (Lipinski definition) is 2. The number of aliphatic hydroxyl groups is 1. The van der Waals surface area contributed by atoms with Gasteiger partial charge in [-0.05, 0) is 17.7 Å². The summed E-state index contributed by atoms with van der Waals surface area (Å²) < 4.78 is 4.46. The number of methoxy groups -OCH3 is 1. The lowest BCUT2D eigenvalue weighted by atomic mass is 9.86. The number of esters is 1. The molecule has 7 nitrogen and oxygen atoms in total. The molecule has 3 rings (SSSR count). The van der Waals surface area contributed by atoms with Gasteiger partial charge >= 0.3 is 5.97 Å². The van der Waals surface area contributed by atoms with Crippen LogP contribution < -0.4 is 10.6 Å². The molecule has 140 valence electrons. The van der Waals surface area contributed by atoms with Crippen molar-refractivity contribution >= 4 is 35.0 Å². The van der Waals surface area contributed by atoms with Gasteiger partial charge < -0.3 is 20.5 Å². The Morgan fingerprint density at radius 1 is 1.48 bits per heavy atom. The summed E-state index contributed by atoms with van der Waals surface area (Å²) in [5.41, 5.74) is 8.22. The fraction of sp³-hybridized carbons (Fsp3) is 0.316. The van der Waals surface area contributed by atoms with Gasteiger partial charge in [0, 0.05) is 23.2 Å². The lowest BCUT2D eigenvalue weighted by molar-refractivity contribution is -0.147. The molecule has 3 N–H and O–H groups in total. The second-order valence-electron chi connectivity index (χ2n) is 6.80. The second-order valence-corrected chi connectivity index (χ2v) is 7.20. The molecule has 0 radical (unpaired) electrons. The summed E-state index contributed by atoms with van der Waals surface area (Å²) in [5.74, 6) is 5.14. The van der Waals surface area contributed by atoms with Crippen molar-refractivity contribution in [1.29, 1.82) is 0 Å². The van der Waals surface area contributed by atoms with Crippen molar-refractivity contribution in [1.82, 2.24) is 9.97 Å². The Labute approximate surface area is 162 Å². The number of halogens is 1. The van der Waals surface area contributed by atoms with E-state index in [0.717, 1.165) is 11.3 Å². The number of aromatic nitrogens is 2. The zero-order chi connectivity index (χ0) is 19.8. The lowest BCUT2D eigenvalue weighted by Crippen LogP contribution is -2.26. The molecule has 1 aliphatic rings. The van der Waals surface area contributed by atoms with E-state index in [1.807, 2.05) is 23.1 Å². The largest absolute Gasteiger partial charge is 0.466 e.